The maximum Gasteiger partial charge on any atom is 0.410 e. The molecule has 7 nitrogen and oxygen atoms in total. The molecule has 0 fully saturated rings. The van der Waals surface area contributed by atoms with Gasteiger partial charge in [-0.3, -0.25) is 0 Å². The summed E-state index contributed by atoms with van der Waals surface area (Å²) in [6, 6.07) is 30.2. The van der Waals surface area contributed by atoms with Crippen LogP contribution in [0.1, 0.15) is 48.4 Å². The van der Waals surface area contributed by atoms with E-state index in [1.807, 2.05) is 72.8 Å². The van der Waals surface area contributed by atoms with Gasteiger partial charge in [0, 0.05) is 24.8 Å². The van der Waals surface area contributed by atoms with Crippen LogP contribution in [0, 0.1) is 6.92 Å². The number of aromatic nitrogens is 1. The predicted molar refractivity (Wildman–Crippen MR) is 171 cm³/mol. The first-order valence-corrected chi connectivity index (χ1v) is 14.9. The predicted octanol–water partition coefficient (Wildman–Crippen LogP) is 8.32. The van der Waals surface area contributed by atoms with Crippen molar-refractivity contribution in [3.63, 3.8) is 0 Å². The van der Waals surface area contributed by atoms with Gasteiger partial charge in [-0.25, -0.2) is 4.79 Å². The zero-order valence-electron chi connectivity index (χ0n) is 24.9. The van der Waals surface area contributed by atoms with Gasteiger partial charge < -0.3 is 24.4 Å². The van der Waals surface area contributed by atoms with Gasteiger partial charge in [0.05, 0.1) is 6.61 Å². The van der Waals surface area contributed by atoms with Gasteiger partial charge in [0.1, 0.15) is 18.9 Å². The molecule has 7 heteroatoms. The van der Waals surface area contributed by atoms with Gasteiger partial charge in [-0.2, -0.15) is 4.98 Å². The van der Waals surface area contributed by atoms with Crippen molar-refractivity contribution >= 4 is 23.0 Å². The molecule has 0 bridgehead atoms. The smallest absolute Gasteiger partial charge is 0.410 e. The van der Waals surface area contributed by atoms with Crippen LogP contribution < -0.4 is 14.8 Å². The number of hydrogen-bond donors (Lipinski definition) is 1. The minimum atomic E-state index is -0.226. The minimum Gasteiger partial charge on any atom is -0.473 e. The molecule has 0 saturated carbocycles. The van der Waals surface area contributed by atoms with E-state index in [9.17, 15) is 4.79 Å². The third kappa shape index (κ3) is 8.38. The molecule has 0 spiro atoms. The molecule has 0 atom stereocenters. The van der Waals surface area contributed by atoms with Gasteiger partial charge in [0.2, 0.25) is 11.8 Å². The van der Waals surface area contributed by atoms with Crippen molar-refractivity contribution in [1.82, 2.24) is 9.88 Å². The number of carbonyl (C=O) groups excluding carboxylic acids is 1. The van der Waals surface area contributed by atoms with Crippen molar-refractivity contribution < 1.29 is 19.0 Å². The first kappa shape index (κ1) is 29.7. The summed E-state index contributed by atoms with van der Waals surface area (Å²) in [5, 5.41) is 3.50. The fourth-order valence-corrected chi connectivity index (χ4v) is 4.90. The number of amides is 1. The average Bonchev–Trinajstić information content (AvgIpc) is 3.05. The number of ether oxygens (including phenoxy) is 3. The lowest BCUT2D eigenvalue weighted by molar-refractivity contribution is 0.105. The van der Waals surface area contributed by atoms with Crippen LogP contribution in [0.2, 0.25) is 0 Å². The largest absolute Gasteiger partial charge is 0.473 e. The third-order valence-electron chi connectivity index (χ3n) is 7.32. The fourth-order valence-electron chi connectivity index (χ4n) is 4.90. The van der Waals surface area contributed by atoms with E-state index in [2.05, 4.69) is 43.4 Å². The van der Waals surface area contributed by atoms with E-state index < -0.39 is 0 Å². The molecule has 3 aromatic carbocycles. The Bertz CT molecular complexity index is 1520. The van der Waals surface area contributed by atoms with Crippen LogP contribution in [0.4, 0.5) is 16.2 Å². The quantitative estimate of drug-likeness (QED) is 0.171. The molecule has 0 unspecified atom stereocenters. The summed E-state index contributed by atoms with van der Waals surface area (Å²) in [4.78, 5) is 18.8. The molecule has 222 valence electrons. The summed E-state index contributed by atoms with van der Waals surface area (Å²) in [5.74, 6) is 0.966. The number of rotatable bonds is 12. The van der Waals surface area contributed by atoms with E-state index in [4.69, 9.17) is 19.2 Å². The first-order valence-electron chi connectivity index (χ1n) is 14.9. The van der Waals surface area contributed by atoms with Crippen molar-refractivity contribution in [2.75, 3.05) is 25.0 Å². The van der Waals surface area contributed by atoms with Crippen LogP contribution in [0.3, 0.4) is 0 Å². The van der Waals surface area contributed by atoms with E-state index >= 15 is 0 Å². The number of carbonyl (C=O) groups is 1. The molecule has 5 rings (SSSR count). The maximum absolute atomic E-state index is 12.3. The van der Waals surface area contributed by atoms with Gasteiger partial charge in [-0.15, -0.1) is 0 Å². The van der Waals surface area contributed by atoms with Crippen LogP contribution in [0.25, 0.3) is 5.57 Å². The van der Waals surface area contributed by atoms with Crippen LogP contribution in [-0.4, -0.2) is 35.7 Å². The second-order valence-electron chi connectivity index (χ2n) is 10.6. The molecule has 0 radical (unpaired) electrons. The second kappa shape index (κ2) is 14.9. The lowest BCUT2D eigenvalue weighted by Crippen LogP contribution is -2.35. The van der Waals surface area contributed by atoms with Crippen LogP contribution in [0.15, 0.2) is 97.1 Å². The Balaban J connectivity index is 1.28. The number of hydrogen-bond acceptors (Lipinski definition) is 6. The topological polar surface area (TPSA) is 72.9 Å². The maximum atomic E-state index is 12.3. The number of aryl methyl sites for hydroxylation is 1. The van der Waals surface area contributed by atoms with Crippen molar-refractivity contribution in [1.29, 1.82) is 0 Å². The molecule has 0 saturated heterocycles. The van der Waals surface area contributed by atoms with E-state index in [0.717, 1.165) is 47.3 Å². The van der Waals surface area contributed by atoms with Gasteiger partial charge in [-0.05, 0) is 65.8 Å². The van der Waals surface area contributed by atoms with Crippen molar-refractivity contribution in [2.45, 2.75) is 46.3 Å². The summed E-state index contributed by atoms with van der Waals surface area (Å²) in [6.45, 7) is 6.70. The number of benzene rings is 3. The minimum absolute atomic E-state index is 0.226. The van der Waals surface area contributed by atoms with E-state index in [-0.39, 0.29) is 6.09 Å². The molecule has 1 aliphatic rings. The van der Waals surface area contributed by atoms with Gasteiger partial charge in [0.25, 0.3) is 0 Å². The summed E-state index contributed by atoms with van der Waals surface area (Å²) >= 11 is 0. The van der Waals surface area contributed by atoms with E-state index in [1.54, 1.807) is 4.90 Å². The Morgan fingerprint density at radius 3 is 2.28 bits per heavy atom. The molecule has 0 aliphatic carbocycles. The lowest BCUT2D eigenvalue weighted by Gasteiger charge is -2.26. The standard InChI is InChI=1S/C36H39N3O4/c1-3-4-23-41-36(40)39-21-19-30(20-22-39)32-16-15-31(24-27(32)2)37-33-17-18-34(42-25-28-11-7-5-8-12-28)38-35(33)43-26-29-13-9-6-10-14-29/h5-19,24,37H,3-4,20-23,25-26H2,1-2H3. The van der Waals surface area contributed by atoms with Gasteiger partial charge in [-0.1, -0.05) is 86.2 Å². The van der Waals surface area contributed by atoms with E-state index in [0.29, 0.717) is 44.7 Å². The van der Waals surface area contributed by atoms with Crippen LogP contribution in [0.5, 0.6) is 11.8 Å². The highest BCUT2D eigenvalue weighted by molar-refractivity contribution is 5.75. The van der Waals surface area contributed by atoms with Crippen LogP contribution in [-0.2, 0) is 18.0 Å². The van der Waals surface area contributed by atoms with Crippen LogP contribution >= 0.6 is 0 Å². The summed E-state index contributed by atoms with van der Waals surface area (Å²) in [5.41, 5.74) is 7.40. The number of anilines is 2. The van der Waals surface area contributed by atoms with Crippen molar-refractivity contribution in [2.24, 2.45) is 0 Å². The molecule has 1 aromatic heterocycles. The molecule has 2 heterocycles. The molecule has 1 aliphatic heterocycles. The molecular formula is C36H39N3O4. The lowest BCUT2D eigenvalue weighted by atomic mass is 9.95. The summed E-state index contributed by atoms with van der Waals surface area (Å²) in [7, 11) is 0. The van der Waals surface area contributed by atoms with E-state index in [1.165, 1.54) is 11.1 Å². The zero-order chi connectivity index (χ0) is 29.9. The van der Waals surface area contributed by atoms with Crippen molar-refractivity contribution in [3.05, 3.63) is 119 Å². The molecule has 1 N–H and O–H groups in total. The zero-order valence-corrected chi connectivity index (χ0v) is 24.9. The Kier molecular flexibility index (Phi) is 10.3. The van der Waals surface area contributed by atoms with Gasteiger partial charge >= 0.3 is 6.09 Å². The summed E-state index contributed by atoms with van der Waals surface area (Å²) < 4.78 is 17.6. The Labute approximate surface area is 254 Å². The highest BCUT2D eigenvalue weighted by atomic mass is 16.6. The highest BCUT2D eigenvalue weighted by Crippen LogP contribution is 2.32. The molecule has 43 heavy (non-hydrogen) atoms. The normalized spacial score (nSPS) is 12.8. The molecule has 4 aromatic rings. The number of unbranched alkanes of at least 4 members (excludes halogenated alkanes) is 1. The molecule has 1 amide bonds. The summed E-state index contributed by atoms with van der Waals surface area (Å²) in [6.07, 6.45) is 4.60. The number of nitrogens with one attached hydrogen (secondary N) is 1. The second-order valence-corrected chi connectivity index (χ2v) is 10.6. The monoisotopic (exact) mass is 577 g/mol. The average molecular weight is 578 g/mol. The Morgan fingerprint density at radius 1 is 0.907 bits per heavy atom. The first-order chi connectivity index (χ1) is 21.1. The fraction of sp³-hybridized carbons (Fsp3) is 0.278. The highest BCUT2D eigenvalue weighted by Gasteiger charge is 2.20. The number of nitrogens with zero attached hydrogens (tertiary/aromatic N) is 2. The Morgan fingerprint density at radius 2 is 1.63 bits per heavy atom. The number of pyridine rings is 1. The third-order valence-corrected chi connectivity index (χ3v) is 7.32. The molecular weight excluding hydrogens is 538 g/mol. The van der Waals surface area contributed by atoms with Crippen molar-refractivity contribution in [3.8, 4) is 11.8 Å². The van der Waals surface area contributed by atoms with Gasteiger partial charge in [0.15, 0.2) is 0 Å². The Hall–Kier alpha value is -4.78. The SMILES string of the molecule is CCCCOC(=O)N1CC=C(c2ccc(Nc3ccc(OCc4ccccc4)nc3OCc3ccccc3)cc2C)CC1.